The summed E-state index contributed by atoms with van der Waals surface area (Å²) < 4.78 is 0. The highest BCUT2D eigenvalue weighted by Crippen LogP contribution is 2.37. The van der Waals surface area contributed by atoms with E-state index in [1.165, 1.54) is 5.69 Å². The average molecular weight is 232 g/mol. The van der Waals surface area contributed by atoms with Gasteiger partial charge in [-0.2, -0.15) is 0 Å². The first-order valence-electron chi connectivity index (χ1n) is 6.48. The second-order valence-electron chi connectivity index (χ2n) is 5.71. The number of fused-ring (bicyclic) bond motifs is 2. The summed E-state index contributed by atoms with van der Waals surface area (Å²) in [5.74, 6) is 1.17. The van der Waals surface area contributed by atoms with Crippen molar-refractivity contribution in [3.05, 3.63) is 22.5 Å². The summed E-state index contributed by atoms with van der Waals surface area (Å²) in [4.78, 5) is 18.3. The molecule has 3 rings (SSSR count). The van der Waals surface area contributed by atoms with E-state index in [0.29, 0.717) is 11.7 Å². The van der Waals surface area contributed by atoms with Crippen LogP contribution in [0.4, 0.5) is 0 Å². The SMILES string of the molecule is Cc1[nH]c2c(c1C)C(=O)C1CN(C)CCC1C2. The van der Waals surface area contributed by atoms with E-state index in [0.717, 1.165) is 42.8 Å². The number of aryl methyl sites for hydroxylation is 1. The van der Waals surface area contributed by atoms with Crippen LogP contribution in [0.25, 0.3) is 0 Å². The van der Waals surface area contributed by atoms with Gasteiger partial charge in [-0.1, -0.05) is 0 Å². The van der Waals surface area contributed by atoms with Crippen molar-refractivity contribution in [3.8, 4) is 0 Å². The summed E-state index contributed by atoms with van der Waals surface area (Å²) in [6.07, 6.45) is 2.22. The zero-order chi connectivity index (χ0) is 12.2. The number of piperidine rings is 1. The molecule has 0 spiro atoms. The molecule has 3 heteroatoms. The zero-order valence-electron chi connectivity index (χ0n) is 10.8. The minimum absolute atomic E-state index is 0.232. The fraction of sp³-hybridized carbons (Fsp3) is 0.643. The molecular weight excluding hydrogens is 212 g/mol. The molecule has 1 aliphatic heterocycles. The van der Waals surface area contributed by atoms with Crippen LogP contribution in [0.2, 0.25) is 0 Å². The number of hydrogen-bond donors (Lipinski definition) is 1. The van der Waals surface area contributed by atoms with E-state index >= 15 is 0 Å². The quantitative estimate of drug-likeness (QED) is 0.742. The van der Waals surface area contributed by atoms with Gasteiger partial charge in [0.25, 0.3) is 0 Å². The molecule has 1 saturated heterocycles. The lowest BCUT2D eigenvalue weighted by Crippen LogP contribution is -2.45. The van der Waals surface area contributed by atoms with Crippen molar-refractivity contribution in [3.63, 3.8) is 0 Å². The van der Waals surface area contributed by atoms with Crippen LogP contribution in [0.15, 0.2) is 0 Å². The van der Waals surface area contributed by atoms with Gasteiger partial charge < -0.3 is 9.88 Å². The topological polar surface area (TPSA) is 36.1 Å². The Balaban J connectivity index is 2.03. The fourth-order valence-corrected chi connectivity index (χ4v) is 3.44. The number of carbonyl (C=O) groups is 1. The van der Waals surface area contributed by atoms with E-state index in [4.69, 9.17) is 0 Å². The number of ketones is 1. The maximum atomic E-state index is 12.6. The number of hydrogen-bond acceptors (Lipinski definition) is 2. The number of aromatic nitrogens is 1. The molecule has 0 saturated carbocycles. The highest BCUT2D eigenvalue weighted by atomic mass is 16.1. The van der Waals surface area contributed by atoms with Crippen molar-refractivity contribution in [1.29, 1.82) is 0 Å². The molecule has 1 aromatic heterocycles. The van der Waals surface area contributed by atoms with Gasteiger partial charge in [0.1, 0.15) is 0 Å². The van der Waals surface area contributed by atoms with E-state index in [1.54, 1.807) is 0 Å². The third-order valence-corrected chi connectivity index (χ3v) is 4.59. The number of rotatable bonds is 0. The average Bonchev–Trinajstić information content (AvgIpc) is 2.57. The normalized spacial score (nSPS) is 29.0. The molecule has 1 N–H and O–H groups in total. The lowest BCUT2D eigenvalue weighted by Gasteiger charge is -2.38. The number of aromatic amines is 1. The van der Waals surface area contributed by atoms with Crippen molar-refractivity contribution in [2.75, 3.05) is 20.1 Å². The number of carbonyl (C=O) groups excluding carboxylic acids is 1. The van der Waals surface area contributed by atoms with Gasteiger partial charge in [-0.15, -0.1) is 0 Å². The van der Waals surface area contributed by atoms with Gasteiger partial charge >= 0.3 is 0 Å². The summed E-state index contributed by atoms with van der Waals surface area (Å²) in [7, 11) is 2.12. The number of nitrogens with zero attached hydrogens (tertiary/aromatic N) is 1. The monoisotopic (exact) mass is 232 g/mol. The van der Waals surface area contributed by atoms with Crippen LogP contribution in [0.3, 0.4) is 0 Å². The van der Waals surface area contributed by atoms with Crippen molar-refractivity contribution >= 4 is 5.78 Å². The molecular formula is C14H20N2O. The summed E-state index contributed by atoms with van der Waals surface area (Å²) in [5.41, 5.74) is 4.52. The van der Waals surface area contributed by atoms with Crippen LogP contribution in [0, 0.1) is 25.7 Å². The molecule has 2 aliphatic rings. The summed E-state index contributed by atoms with van der Waals surface area (Å²) in [5, 5.41) is 0. The second-order valence-corrected chi connectivity index (χ2v) is 5.71. The third kappa shape index (κ3) is 1.56. The Morgan fingerprint density at radius 2 is 2.12 bits per heavy atom. The molecule has 1 aliphatic carbocycles. The van der Waals surface area contributed by atoms with E-state index in [-0.39, 0.29) is 5.92 Å². The molecule has 2 atom stereocenters. The lowest BCUT2D eigenvalue weighted by molar-refractivity contribution is 0.0705. The van der Waals surface area contributed by atoms with Crippen LogP contribution in [0.1, 0.15) is 33.7 Å². The summed E-state index contributed by atoms with van der Waals surface area (Å²) in [6.45, 7) is 6.20. The van der Waals surface area contributed by atoms with E-state index in [9.17, 15) is 4.79 Å². The molecule has 0 aromatic carbocycles. The van der Waals surface area contributed by atoms with Gasteiger partial charge in [-0.25, -0.2) is 0 Å². The Labute approximate surface area is 102 Å². The molecule has 2 heterocycles. The summed E-state index contributed by atoms with van der Waals surface area (Å²) >= 11 is 0. The maximum Gasteiger partial charge on any atom is 0.169 e. The first-order chi connectivity index (χ1) is 8.08. The van der Waals surface area contributed by atoms with Gasteiger partial charge in [0.05, 0.1) is 0 Å². The van der Waals surface area contributed by atoms with Crippen molar-refractivity contribution in [2.45, 2.75) is 26.7 Å². The first-order valence-corrected chi connectivity index (χ1v) is 6.48. The van der Waals surface area contributed by atoms with Crippen LogP contribution in [-0.4, -0.2) is 35.8 Å². The predicted octanol–water partition coefficient (Wildman–Crippen LogP) is 1.94. The number of likely N-dealkylation sites (tertiary alicyclic amines) is 1. The standard InChI is InChI=1S/C14H20N2O/c1-8-9(2)15-12-6-10-4-5-16(3)7-11(10)14(17)13(8)12/h10-11,15H,4-7H2,1-3H3. The minimum atomic E-state index is 0.232. The van der Waals surface area contributed by atoms with Crippen molar-refractivity contribution < 1.29 is 4.79 Å². The highest BCUT2D eigenvalue weighted by molar-refractivity contribution is 6.02. The first kappa shape index (κ1) is 11.0. The largest absolute Gasteiger partial charge is 0.362 e. The summed E-state index contributed by atoms with van der Waals surface area (Å²) in [6, 6.07) is 0. The zero-order valence-corrected chi connectivity index (χ0v) is 10.8. The predicted molar refractivity (Wildman–Crippen MR) is 67.4 cm³/mol. The Bertz CT molecular complexity index is 475. The molecule has 0 bridgehead atoms. The third-order valence-electron chi connectivity index (χ3n) is 4.59. The highest BCUT2D eigenvalue weighted by Gasteiger charge is 2.40. The molecule has 1 fully saturated rings. The number of H-pyrrole nitrogens is 1. The number of Topliss-reactive ketones (excluding diaryl/α,β-unsaturated/α-hetero) is 1. The Morgan fingerprint density at radius 3 is 2.88 bits per heavy atom. The van der Waals surface area contributed by atoms with Crippen LogP contribution in [-0.2, 0) is 6.42 Å². The van der Waals surface area contributed by atoms with Gasteiger partial charge in [0, 0.05) is 29.4 Å². The van der Waals surface area contributed by atoms with Crippen molar-refractivity contribution in [2.24, 2.45) is 11.8 Å². The van der Waals surface area contributed by atoms with Crippen LogP contribution >= 0.6 is 0 Å². The molecule has 0 amide bonds. The molecule has 3 nitrogen and oxygen atoms in total. The smallest absolute Gasteiger partial charge is 0.169 e. The molecule has 2 unspecified atom stereocenters. The van der Waals surface area contributed by atoms with Gasteiger partial charge in [0.15, 0.2) is 5.78 Å². The van der Waals surface area contributed by atoms with E-state index < -0.39 is 0 Å². The van der Waals surface area contributed by atoms with Gasteiger partial charge in [-0.05, 0) is 51.8 Å². The van der Waals surface area contributed by atoms with E-state index in [2.05, 4.69) is 30.8 Å². The molecule has 17 heavy (non-hydrogen) atoms. The minimum Gasteiger partial charge on any atom is -0.362 e. The van der Waals surface area contributed by atoms with Crippen LogP contribution in [0.5, 0.6) is 0 Å². The van der Waals surface area contributed by atoms with E-state index in [1.807, 2.05) is 0 Å². The maximum absolute atomic E-state index is 12.6. The Hall–Kier alpha value is -1.09. The molecule has 0 radical (unpaired) electrons. The fourth-order valence-electron chi connectivity index (χ4n) is 3.44. The molecule has 1 aromatic rings. The van der Waals surface area contributed by atoms with Gasteiger partial charge in [-0.3, -0.25) is 4.79 Å². The lowest BCUT2D eigenvalue weighted by atomic mass is 9.73. The Kier molecular flexibility index (Phi) is 2.40. The second kappa shape index (κ2) is 3.70. The van der Waals surface area contributed by atoms with Gasteiger partial charge in [0.2, 0.25) is 0 Å². The molecule has 92 valence electrons. The Morgan fingerprint density at radius 1 is 1.35 bits per heavy atom. The van der Waals surface area contributed by atoms with Crippen molar-refractivity contribution in [1.82, 2.24) is 9.88 Å². The van der Waals surface area contributed by atoms with Crippen LogP contribution < -0.4 is 0 Å². The number of nitrogens with one attached hydrogen (secondary N) is 1.